The Balaban J connectivity index is 2.08. The molecule has 0 spiro atoms. The van der Waals surface area contributed by atoms with Gasteiger partial charge in [-0.25, -0.2) is 9.97 Å². The van der Waals surface area contributed by atoms with Crippen molar-refractivity contribution in [3.05, 3.63) is 28.2 Å². The Hall–Kier alpha value is -2.78. The summed E-state index contributed by atoms with van der Waals surface area (Å²) in [7, 11) is 0. The molecule has 2 rings (SSSR count). The molecule has 0 atom stereocenters. The molecule has 0 saturated carbocycles. The van der Waals surface area contributed by atoms with Crippen molar-refractivity contribution in [1.82, 2.24) is 20.1 Å². The molecule has 0 aliphatic carbocycles. The average Bonchev–Trinajstić information content (AvgIpc) is 2.85. The summed E-state index contributed by atoms with van der Waals surface area (Å²) >= 11 is 0. The van der Waals surface area contributed by atoms with Crippen molar-refractivity contribution < 1.29 is 9.45 Å². The maximum Gasteiger partial charge on any atom is 0.353 e. The molecule has 2 heterocycles. The highest BCUT2D eigenvalue weighted by molar-refractivity contribution is 5.69. The zero-order chi connectivity index (χ0) is 15.2. The van der Waals surface area contributed by atoms with Crippen LogP contribution in [0, 0.1) is 17.0 Å². The first-order valence-electron chi connectivity index (χ1n) is 6.38. The highest BCUT2D eigenvalue weighted by Crippen LogP contribution is 2.28. The Kier molecular flexibility index (Phi) is 4.59. The van der Waals surface area contributed by atoms with E-state index in [0.717, 1.165) is 0 Å². The molecule has 2 N–H and O–H groups in total. The molecular formula is C11H15N7O3. The number of nitrogens with zero attached hydrogens (tertiary/aromatic N) is 5. The highest BCUT2D eigenvalue weighted by atomic mass is 16.6. The molecule has 0 saturated heterocycles. The fourth-order valence-electron chi connectivity index (χ4n) is 1.71. The molecule has 10 heteroatoms. The van der Waals surface area contributed by atoms with E-state index in [1.807, 2.05) is 6.92 Å². The molecule has 0 bridgehead atoms. The summed E-state index contributed by atoms with van der Waals surface area (Å²) in [4.78, 5) is 22.5. The zero-order valence-electron chi connectivity index (χ0n) is 11.7. The summed E-state index contributed by atoms with van der Waals surface area (Å²) in [5.41, 5.74) is -0.180. The van der Waals surface area contributed by atoms with Crippen LogP contribution >= 0.6 is 0 Å². The van der Waals surface area contributed by atoms with Crippen molar-refractivity contribution in [3.8, 4) is 0 Å². The first kappa shape index (κ1) is 14.6. The van der Waals surface area contributed by atoms with E-state index in [-0.39, 0.29) is 17.3 Å². The maximum atomic E-state index is 11.2. The van der Waals surface area contributed by atoms with Gasteiger partial charge in [0, 0.05) is 19.5 Å². The Morgan fingerprint density at radius 3 is 2.62 bits per heavy atom. The molecule has 10 nitrogen and oxygen atoms in total. The van der Waals surface area contributed by atoms with Gasteiger partial charge in [0.2, 0.25) is 17.5 Å². The van der Waals surface area contributed by atoms with Gasteiger partial charge >= 0.3 is 5.69 Å². The van der Waals surface area contributed by atoms with Crippen LogP contribution in [0.25, 0.3) is 0 Å². The van der Waals surface area contributed by atoms with Gasteiger partial charge in [-0.1, -0.05) is 5.16 Å². The molecule has 0 amide bonds. The van der Waals surface area contributed by atoms with Gasteiger partial charge < -0.3 is 15.2 Å². The van der Waals surface area contributed by atoms with Gasteiger partial charge in [-0.15, -0.1) is 0 Å². The summed E-state index contributed by atoms with van der Waals surface area (Å²) in [5, 5.41) is 20.6. The van der Waals surface area contributed by atoms with Crippen molar-refractivity contribution in [2.24, 2.45) is 0 Å². The van der Waals surface area contributed by atoms with Gasteiger partial charge in [0.15, 0.2) is 5.82 Å². The number of aryl methyl sites for hydroxylation is 1. The van der Waals surface area contributed by atoms with Crippen LogP contribution < -0.4 is 10.6 Å². The number of nitrogens with one attached hydrogen (secondary N) is 2. The Morgan fingerprint density at radius 2 is 2.05 bits per heavy atom. The third kappa shape index (κ3) is 3.61. The van der Waals surface area contributed by atoms with E-state index in [0.29, 0.717) is 31.2 Å². The standard InChI is InChI=1S/C11H15N7O3/c1-3-12-10-9(18(19)20)11(15-6-14-10)13-5-4-8-16-7(2)17-21-8/h6H,3-5H2,1-2H3,(H2,12,13,14,15). The van der Waals surface area contributed by atoms with E-state index >= 15 is 0 Å². The van der Waals surface area contributed by atoms with Crippen molar-refractivity contribution in [2.45, 2.75) is 20.3 Å². The fraction of sp³-hybridized carbons (Fsp3) is 0.455. The smallest absolute Gasteiger partial charge is 0.353 e. The fourth-order valence-corrected chi connectivity index (χ4v) is 1.71. The molecule has 0 fully saturated rings. The predicted octanol–water partition coefficient (Wildman–Crippen LogP) is 1.16. The molecule has 21 heavy (non-hydrogen) atoms. The van der Waals surface area contributed by atoms with E-state index in [1.54, 1.807) is 6.92 Å². The highest BCUT2D eigenvalue weighted by Gasteiger charge is 2.22. The number of anilines is 2. The molecular weight excluding hydrogens is 278 g/mol. The number of rotatable bonds is 7. The monoisotopic (exact) mass is 293 g/mol. The summed E-state index contributed by atoms with van der Waals surface area (Å²) in [6, 6.07) is 0. The second-order valence-electron chi connectivity index (χ2n) is 4.12. The van der Waals surface area contributed by atoms with Crippen LogP contribution in [0.5, 0.6) is 0 Å². The lowest BCUT2D eigenvalue weighted by Gasteiger charge is -2.08. The van der Waals surface area contributed by atoms with Gasteiger partial charge in [0.1, 0.15) is 6.33 Å². The molecule has 0 aliphatic heterocycles. The molecule has 0 radical (unpaired) electrons. The van der Waals surface area contributed by atoms with E-state index in [1.165, 1.54) is 6.33 Å². The molecule has 2 aromatic heterocycles. The molecule has 112 valence electrons. The first-order chi connectivity index (χ1) is 10.1. The predicted molar refractivity (Wildman–Crippen MR) is 74.1 cm³/mol. The first-order valence-corrected chi connectivity index (χ1v) is 6.38. The zero-order valence-corrected chi connectivity index (χ0v) is 11.7. The van der Waals surface area contributed by atoms with Gasteiger partial charge in [-0.2, -0.15) is 4.98 Å². The van der Waals surface area contributed by atoms with E-state index in [2.05, 4.69) is 30.7 Å². The summed E-state index contributed by atoms with van der Waals surface area (Å²) < 4.78 is 4.96. The lowest BCUT2D eigenvalue weighted by molar-refractivity contribution is -0.383. The van der Waals surface area contributed by atoms with E-state index < -0.39 is 4.92 Å². The van der Waals surface area contributed by atoms with Gasteiger partial charge in [0.05, 0.1) is 4.92 Å². The van der Waals surface area contributed by atoms with Crippen LogP contribution in [-0.4, -0.2) is 38.1 Å². The van der Waals surface area contributed by atoms with Gasteiger partial charge in [-0.05, 0) is 13.8 Å². The third-order valence-electron chi connectivity index (χ3n) is 2.55. The lowest BCUT2D eigenvalue weighted by atomic mass is 10.3. The van der Waals surface area contributed by atoms with Gasteiger partial charge in [-0.3, -0.25) is 10.1 Å². The topological polar surface area (TPSA) is 132 Å². The maximum absolute atomic E-state index is 11.2. The van der Waals surface area contributed by atoms with Crippen LogP contribution in [0.1, 0.15) is 18.6 Å². The lowest BCUT2D eigenvalue weighted by Crippen LogP contribution is -2.11. The van der Waals surface area contributed by atoms with Crippen molar-refractivity contribution in [1.29, 1.82) is 0 Å². The largest absolute Gasteiger partial charge is 0.364 e. The second-order valence-corrected chi connectivity index (χ2v) is 4.12. The summed E-state index contributed by atoms with van der Waals surface area (Å²) in [6.07, 6.45) is 1.71. The minimum Gasteiger partial charge on any atom is -0.364 e. The number of aromatic nitrogens is 4. The number of nitro groups is 1. The Bertz CT molecular complexity index is 628. The van der Waals surface area contributed by atoms with Crippen molar-refractivity contribution in [2.75, 3.05) is 23.7 Å². The van der Waals surface area contributed by atoms with E-state index in [4.69, 9.17) is 4.52 Å². The summed E-state index contributed by atoms with van der Waals surface area (Å²) in [6.45, 7) is 4.46. The van der Waals surface area contributed by atoms with Crippen LogP contribution in [0.2, 0.25) is 0 Å². The van der Waals surface area contributed by atoms with E-state index in [9.17, 15) is 10.1 Å². The third-order valence-corrected chi connectivity index (χ3v) is 2.55. The van der Waals surface area contributed by atoms with Gasteiger partial charge in [0.25, 0.3) is 0 Å². The Morgan fingerprint density at radius 1 is 1.33 bits per heavy atom. The van der Waals surface area contributed by atoms with Crippen LogP contribution in [0.4, 0.5) is 17.3 Å². The SMILES string of the molecule is CCNc1ncnc(NCCc2nc(C)no2)c1[N+](=O)[O-]. The van der Waals surface area contributed by atoms with Crippen LogP contribution in [0.3, 0.4) is 0 Å². The summed E-state index contributed by atoms with van der Waals surface area (Å²) in [5.74, 6) is 1.35. The number of hydrogen-bond donors (Lipinski definition) is 2. The normalized spacial score (nSPS) is 10.4. The molecule has 2 aromatic rings. The minimum atomic E-state index is -0.517. The van der Waals surface area contributed by atoms with Crippen LogP contribution in [-0.2, 0) is 6.42 Å². The second kappa shape index (κ2) is 6.59. The quantitative estimate of drug-likeness (QED) is 0.570. The molecule has 0 aliphatic rings. The van der Waals surface area contributed by atoms with Crippen molar-refractivity contribution in [3.63, 3.8) is 0 Å². The van der Waals surface area contributed by atoms with Crippen LogP contribution in [0.15, 0.2) is 10.9 Å². The molecule has 0 aromatic carbocycles. The number of hydrogen-bond acceptors (Lipinski definition) is 9. The molecule has 0 unspecified atom stereocenters. The van der Waals surface area contributed by atoms with Crippen molar-refractivity contribution >= 4 is 17.3 Å². The Labute approximate surface area is 120 Å². The minimum absolute atomic E-state index is 0.155. The average molecular weight is 293 g/mol.